The van der Waals surface area contributed by atoms with Crippen LogP contribution in [0.3, 0.4) is 0 Å². The van der Waals surface area contributed by atoms with Crippen molar-refractivity contribution in [2.75, 3.05) is 12.4 Å². The van der Waals surface area contributed by atoms with E-state index in [-0.39, 0.29) is 18.9 Å². The molecule has 1 heterocycles. The van der Waals surface area contributed by atoms with E-state index in [1.165, 1.54) is 22.6 Å². The molecule has 0 spiro atoms. The minimum absolute atomic E-state index is 0.0906. The molecule has 0 unspecified atom stereocenters. The van der Waals surface area contributed by atoms with Crippen LogP contribution in [0.2, 0.25) is 0 Å². The van der Waals surface area contributed by atoms with Crippen LogP contribution in [0.5, 0.6) is 0 Å². The summed E-state index contributed by atoms with van der Waals surface area (Å²) in [5, 5.41) is 11.4. The Morgan fingerprint density at radius 2 is 2.35 bits per heavy atom. The number of aliphatic hydroxyl groups is 1. The van der Waals surface area contributed by atoms with Gasteiger partial charge in [-0.2, -0.15) is 0 Å². The maximum Gasteiger partial charge on any atom is 0.222 e. The quantitative estimate of drug-likeness (QED) is 0.856. The average Bonchev–Trinajstić information content (AvgIpc) is 2.36. The molecule has 1 aliphatic rings. The maximum absolute atomic E-state index is 11.2. The molecule has 17 heavy (non-hydrogen) atoms. The van der Waals surface area contributed by atoms with Crippen molar-refractivity contribution in [1.29, 1.82) is 0 Å². The molecule has 0 saturated carbocycles. The van der Waals surface area contributed by atoms with Crippen molar-refractivity contribution < 1.29 is 9.90 Å². The molecule has 1 aromatic rings. The van der Waals surface area contributed by atoms with E-state index in [1.54, 1.807) is 0 Å². The van der Waals surface area contributed by atoms with E-state index in [1.807, 2.05) is 11.8 Å². The summed E-state index contributed by atoms with van der Waals surface area (Å²) < 4.78 is 0. The molecule has 0 aromatic heterocycles. The molecule has 4 heteroatoms. The molecule has 92 valence electrons. The number of hydrogen-bond acceptors (Lipinski definition) is 3. The zero-order valence-corrected chi connectivity index (χ0v) is 10.6. The van der Waals surface area contributed by atoms with Gasteiger partial charge in [-0.05, 0) is 35.8 Å². The van der Waals surface area contributed by atoms with Crippen molar-refractivity contribution in [2.24, 2.45) is 0 Å². The second kappa shape index (κ2) is 6.07. The largest absolute Gasteiger partial charge is 0.396 e. The lowest BCUT2D eigenvalue weighted by Gasteiger charge is -2.16. The Balaban J connectivity index is 1.95. The Hall–Kier alpha value is -1.00. The predicted molar refractivity (Wildman–Crippen MR) is 69.0 cm³/mol. The van der Waals surface area contributed by atoms with E-state index in [2.05, 4.69) is 23.5 Å². The Labute approximate surface area is 106 Å². The summed E-state index contributed by atoms with van der Waals surface area (Å²) in [5.41, 5.74) is 2.53. The zero-order valence-electron chi connectivity index (χ0n) is 9.74. The summed E-state index contributed by atoms with van der Waals surface area (Å²) in [6, 6.07) is 6.39. The van der Waals surface area contributed by atoms with E-state index in [0.29, 0.717) is 6.54 Å². The lowest BCUT2D eigenvalue weighted by atomic mass is 10.1. The number of amides is 1. The summed E-state index contributed by atoms with van der Waals surface area (Å²) in [5.74, 6) is 1.11. The van der Waals surface area contributed by atoms with E-state index in [0.717, 1.165) is 12.0 Å². The Morgan fingerprint density at radius 3 is 3.18 bits per heavy atom. The highest BCUT2D eigenvalue weighted by Gasteiger charge is 2.10. The van der Waals surface area contributed by atoms with Gasteiger partial charge in [-0.15, -0.1) is 11.8 Å². The molecular formula is C13H17NO2S. The number of aryl methyl sites for hydroxylation is 1. The number of rotatable bonds is 4. The summed E-state index contributed by atoms with van der Waals surface area (Å²) in [4.78, 5) is 12.6. The topological polar surface area (TPSA) is 49.3 Å². The second-order valence-electron chi connectivity index (χ2n) is 4.14. The standard InChI is InChI=1S/C13H17NO2S/c15-6-5-13(16)14-9-10-3-4-12-11(8-10)2-1-7-17-12/h3-4,8,15H,1-2,5-7,9H2,(H,14,16). The minimum Gasteiger partial charge on any atom is -0.396 e. The SMILES string of the molecule is O=C(CCO)NCc1ccc2c(c1)CCCS2. The lowest BCUT2D eigenvalue weighted by Crippen LogP contribution is -2.23. The van der Waals surface area contributed by atoms with Gasteiger partial charge in [0.1, 0.15) is 0 Å². The molecule has 1 aliphatic heterocycles. The van der Waals surface area contributed by atoms with Crippen molar-refractivity contribution in [3.8, 4) is 0 Å². The first-order chi connectivity index (χ1) is 8.29. The van der Waals surface area contributed by atoms with Crippen LogP contribution in [-0.2, 0) is 17.8 Å². The fourth-order valence-electron chi connectivity index (χ4n) is 1.91. The fourth-order valence-corrected chi connectivity index (χ4v) is 2.93. The Kier molecular flexibility index (Phi) is 4.45. The van der Waals surface area contributed by atoms with Gasteiger partial charge in [0.15, 0.2) is 0 Å². The highest BCUT2D eigenvalue weighted by Crippen LogP contribution is 2.30. The molecule has 1 amide bonds. The highest BCUT2D eigenvalue weighted by molar-refractivity contribution is 7.99. The van der Waals surface area contributed by atoms with Gasteiger partial charge in [-0.25, -0.2) is 0 Å². The van der Waals surface area contributed by atoms with Crippen molar-refractivity contribution in [1.82, 2.24) is 5.32 Å². The Bertz CT molecular complexity index is 406. The molecule has 0 atom stereocenters. The van der Waals surface area contributed by atoms with E-state index in [9.17, 15) is 4.79 Å². The van der Waals surface area contributed by atoms with Crippen LogP contribution in [0.15, 0.2) is 23.1 Å². The van der Waals surface area contributed by atoms with E-state index >= 15 is 0 Å². The summed E-state index contributed by atoms with van der Waals surface area (Å²) in [6.45, 7) is 0.462. The lowest BCUT2D eigenvalue weighted by molar-refractivity contribution is -0.121. The first kappa shape index (κ1) is 12.5. The van der Waals surface area contributed by atoms with Gasteiger partial charge < -0.3 is 10.4 Å². The second-order valence-corrected chi connectivity index (χ2v) is 5.28. The third-order valence-electron chi connectivity index (χ3n) is 2.80. The van der Waals surface area contributed by atoms with Crippen LogP contribution in [0.25, 0.3) is 0 Å². The zero-order chi connectivity index (χ0) is 12.1. The van der Waals surface area contributed by atoms with Crippen LogP contribution in [0.1, 0.15) is 24.0 Å². The van der Waals surface area contributed by atoms with E-state index in [4.69, 9.17) is 5.11 Å². The summed E-state index contributed by atoms with van der Waals surface area (Å²) in [7, 11) is 0. The number of hydrogen-bond donors (Lipinski definition) is 2. The minimum atomic E-state index is -0.0976. The average molecular weight is 251 g/mol. The molecule has 1 aromatic carbocycles. The summed E-state index contributed by atoms with van der Waals surface area (Å²) >= 11 is 1.91. The number of benzene rings is 1. The van der Waals surface area contributed by atoms with Crippen molar-refractivity contribution in [2.45, 2.75) is 30.7 Å². The number of nitrogens with one attached hydrogen (secondary N) is 1. The van der Waals surface area contributed by atoms with Gasteiger partial charge in [-0.3, -0.25) is 4.79 Å². The van der Waals surface area contributed by atoms with Crippen molar-refractivity contribution in [3.05, 3.63) is 29.3 Å². The molecule has 0 aliphatic carbocycles. The summed E-state index contributed by atoms with van der Waals surface area (Å²) in [6.07, 6.45) is 2.56. The molecule has 0 radical (unpaired) electrons. The number of fused-ring (bicyclic) bond motifs is 1. The predicted octanol–water partition coefficient (Wildman–Crippen LogP) is 1.72. The van der Waals surface area contributed by atoms with Gasteiger partial charge in [0.2, 0.25) is 5.91 Å². The third-order valence-corrected chi connectivity index (χ3v) is 4.00. The normalized spacial score (nSPS) is 14.2. The highest BCUT2D eigenvalue weighted by atomic mass is 32.2. The fraction of sp³-hybridized carbons (Fsp3) is 0.462. The van der Waals surface area contributed by atoms with Gasteiger partial charge in [0.05, 0.1) is 6.61 Å². The monoisotopic (exact) mass is 251 g/mol. The van der Waals surface area contributed by atoms with Crippen LogP contribution in [0, 0.1) is 0 Å². The van der Waals surface area contributed by atoms with Gasteiger partial charge in [-0.1, -0.05) is 12.1 Å². The molecule has 0 bridgehead atoms. The first-order valence-corrected chi connectivity index (χ1v) is 6.90. The van der Waals surface area contributed by atoms with Gasteiger partial charge in [0, 0.05) is 17.9 Å². The molecule has 0 fully saturated rings. The number of carbonyl (C=O) groups excluding carboxylic acids is 1. The van der Waals surface area contributed by atoms with Crippen LogP contribution in [0.4, 0.5) is 0 Å². The molecule has 2 N–H and O–H groups in total. The smallest absolute Gasteiger partial charge is 0.222 e. The van der Waals surface area contributed by atoms with Crippen molar-refractivity contribution in [3.63, 3.8) is 0 Å². The maximum atomic E-state index is 11.2. The number of carbonyl (C=O) groups is 1. The third kappa shape index (κ3) is 3.48. The number of aliphatic hydroxyl groups excluding tert-OH is 1. The number of thioether (sulfide) groups is 1. The van der Waals surface area contributed by atoms with E-state index < -0.39 is 0 Å². The van der Waals surface area contributed by atoms with Crippen LogP contribution < -0.4 is 5.32 Å². The van der Waals surface area contributed by atoms with Gasteiger partial charge in [0.25, 0.3) is 0 Å². The van der Waals surface area contributed by atoms with Crippen molar-refractivity contribution >= 4 is 17.7 Å². The van der Waals surface area contributed by atoms with Gasteiger partial charge >= 0.3 is 0 Å². The molecule has 3 nitrogen and oxygen atoms in total. The molecular weight excluding hydrogens is 234 g/mol. The van der Waals surface area contributed by atoms with Crippen LogP contribution >= 0.6 is 11.8 Å². The van der Waals surface area contributed by atoms with Crippen LogP contribution in [-0.4, -0.2) is 23.4 Å². The molecule has 0 saturated heterocycles. The molecule has 2 rings (SSSR count). The Morgan fingerprint density at radius 1 is 1.47 bits per heavy atom. The first-order valence-electron chi connectivity index (χ1n) is 5.92.